The second-order valence-corrected chi connectivity index (χ2v) is 2.62. The first kappa shape index (κ1) is 13.7. The molecule has 0 rings (SSSR count). The van der Waals surface area contributed by atoms with Crippen molar-refractivity contribution in [2.75, 3.05) is 0 Å². The summed E-state index contributed by atoms with van der Waals surface area (Å²) >= 11 is 0. The van der Waals surface area contributed by atoms with E-state index in [4.69, 9.17) is 0 Å². The number of carbonyl (C=O) groups is 2. The first-order valence-electron chi connectivity index (χ1n) is 4.40. The number of hydrogen-bond donors (Lipinski definition) is 1. The van der Waals surface area contributed by atoms with Gasteiger partial charge in [-0.3, -0.25) is 14.9 Å². The van der Waals surface area contributed by atoms with E-state index in [2.05, 4.69) is 5.32 Å². The average Bonchev–Trinajstić information content (AvgIpc) is 2.05. The van der Waals surface area contributed by atoms with Crippen LogP contribution in [0.4, 0.5) is 0 Å². The average molecular weight is 173 g/mol. The molecule has 0 aliphatic rings. The SMILES string of the molecule is CC.CC(C)CCC(=O)NC=O. The summed E-state index contributed by atoms with van der Waals surface area (Å²) in [6.45, 7) is 8.07. The van der Waals surface area contributed by atoms with E-state index in [-0.39, 0.29) is 5.91 Å². The predicted molar refractivity (Wildman–Crippen MR) is 49.6 cm³/mol. The molecule has 0 radical (unpaired) electrons. The molecule has 0 aliphatic carbocycles. The number of amides is 2. The van der Waals surface area contributed by atoms with Gasteiger partial charge in [-0.15, -0.1) is 0 Å². The Labute approximate surface area is 74.5 Å². The minimum Gasteiger partial charge on any atom is -0.299 e. The van der Waals surface area contributed by atoms with E-state index >= 15 is 0 Å². The molecule has 0 aliphatic heterocycles. The molecule has 3 heteroatoms. The first-order chi connectivity index (χ1) is 5.66. The van der Waals surface area contributed by atoms with Crippen LogP contribution in [0.2, 0.25) is 0 Å². The highest BCUT2D eigenvalue weighted by atomic mass is 16.2. The summed E-state index contributed by atoms with van der Waals surface area (Å²) in [6.07, 6.45) is 1.69. The normalized spacial score (nSPS) is 8.42. The van der Waals surface area contributed by atoms with Crippen LogP contribution >= 0.6 is 0 Å². The van der Waals surface area contributed by atoms with Crippen LogP contribution in [0.5, 0.6) is 0 Å². The van der Waals surface area contributed by atoms with Crippen molar-refractivity contribution in [2.45, 2.75) is 40.5 Å². The molecule has 0 aromatic heterocycles. The van der Waals surface area contributed by atoms with Crippen LogP contribution < -0.4 is 5.32 Å². The highest BCUT2D eigenvalue weighted by Gasteiger charge is 2.00. The van der Waals surface area contributed by atoms with Gasteiger partial charge >= 0.3 is 0 Å². The van der Waals surface area contributed by atoms with Crippen LogP contribution in [-0.2, 0) is 9.59 Å². The molecule has 0 heterocycles. The fourth-order valence-corrected chi connectivity index (χ4v) is 0.558. The highest BCUT2D eigenvalue weighted by molar-refractivity contribution is 5.85. The topological polar surface area (TPSA) is 46.2 Å². The molecule has 1 N–H and O–H groups in total. The molecule has 2 amide bonds. The lowest BCUT2D eigenvalue weighted by molar-refractivity contribution is -0.125. The van der Waals surface area contributed by atoms with Gasteiger partial charge in [0, 0.05) is 6.42 Å². The van der Waals surface area contributed by atoms with Gasteiger partial charge in [-0.2, -0.15) is 0 Å². The third kappa shape index (κ3) is 11.9. The smallest absolute Gasteiger partial charge is 0.226 e. The van der Waals surface area contributed by atoms with E-state index in [1.165, 1.54) is 0 Å². The first-order valence-corrected chi connectivity index (χ1v) is 4.40. The second kappa shape index (κ2) is 10.1. The molecular weight excluding hydrogens is 154 g/mol. The Kier molecular flexibility index (Phi) is 11.6. The maximum atomic E-state index is 10.6. The Morgan fingerprint density at radius 1 is 1.42 bits per heavy atom. The van der Waals surface area contributed by atoms with E-state index in [9.17, 15) is 9.59 Å². The van der Waals surface area contributed by atoms with E-state index in [0.29, 0.717) is 18.7 Å². The van der Waals surface area contributed by atoms with Crippen LogP contribution in [0.1, 0.15) is 40.5 Å². The Bertz CT molecular complexity index is 122. The summed E-state index contributed by atoms with van der Waals surface area (Å²) in [5.41, 5.74) is 0. The van der Waals surface area contributed by atoms with Crippen LogP contribution in [0, 0.1) is 5.92 Å². The standard InChI is InChI=1S/C7H13NO2.C2H6/c1-6(2)3-4-7(10)8-5-9;1-2/h5-6H,3-4H2,1-2H3,(H,8,9,10);1-2H3. The van der Waals surface area contributed by atoms with E-state index < -0.39 is 0 Å². The summed E-state index contributed by atoms with van der Waals surface area (Å²) in [7, 11) is 0. The van der Waals surface area contributed by atoms with Crippen molar-refractivity contribution < 1.29 is 9.59 Å². The Morgan fingerprint density at radius 3 is 2.25 bits per heavy atom. The van der Waals surface area contributed by atoms with E-state index in [1.54, 1.807) is 0 Å². The maximum absolute atomic E-state index is 10.6. The zero-order chi connectivity index (χ0) is 9.98. The lowest BCUT2D eigenvalue weighted by Gasteiger charge is -2.00. The molecule has 0 saturated heterocycles. The number of imide groups is 1. The third-order valence-corrected chi connectivity index (χ3v) is 1.17. The fraction of sp³-hybridized carbons (Fsp3) is 0.778. The van der Waals surface area contributed by atoms with Crippen molar-refractivity contribution in [3.8, 4) is 0 Å². The van der Waals surface area contributed by atoms with Crippen molar-refractivity contribution in [2.24, 2.45) is 5.92 Å². The van der Waals surface area contributed by atoms with Crippen molar-refractivity contribution in [1.82, 2.24) is 5.32 Å². The summed E-state index contributed by atoms with van der Waals surface area (Å²) in [6, 6.07) is 0. The number of rotatable bonds is 4. The minimum absolute atomic E-state index is 0.191. The van der Waals surface area contributed by atoms with Crippen molar-refractivity contribution in [3.05, 3.63) is 0 Å². The molecule has 12 heavy (non-hydrogen) atoms. The lowest BCUT2D eigenvalue weighted by atomic mass is 10.1. The Morgan fingerprint density at radius 2 is 1.92 bits per heavy atom. The van der Waals surface area contributed by atoms with Gasteiger partial charge in [0.05, 0.1) is 0 Å². The molecular formula is C9H19NO2. The second-order valence-electron chi connectivity index (χ2n) is 2.62. The molecule has 0 saturated carbocycles. The molecule has 0 spiro atoms. The third-order valence-electron chi connectivity index (χ3n) is 1.17. The number of nitrogens with one attached hydrogen (secondary N) is 1. The maximum Gasteiger partial charge on any atom is 0.226 e. The summed E-state index contributed by atoms with van der Waals surface area (Å²) in [5.74, 6) is 0.320. The van der Waals surface area contributed by atoms with Gasteiger partial charge in [0.15, 0.2) is 0 Å². The molecule has 72 valence electrons. The Balaban J connectivity index is 0. The van der Waals surface area contributed by atoms with Gasteiger partial charge in [0.1, 0.15) is 0 Å². The highest BCUT2D eigenvalue weighted by Crippen LogP contribution is 2.01. The van der Waals surface area contributed by atoms with E-state index in [0.717, 1.165) is 6.42 Å². The van der Waals surface area contributed by atoms with E-state index in [1.807, 2.05) is 27.7 Å². The molecule has 0 unspecified atom stereocenters. The van der Waals surface area contributed by atoms with Gasteiger partial charge in [-0.05, 0) is 12.3 Å². The largest absolute Gasteiger partial charge is 0.299 e. The molecule has 0 bridgehead atoms. The van der Waals surface area contributed by atoms with Gasteiger partial charge < -0.3 is 0 Å². The molecule has 0 aromatic rings. The summed E-state index contributed by atoms with van der Waals surface area (Å²) in [4.78, 5) is 20.3. The van der Waals surface area contributed by atoms with Gasteiger partial charge in [0.25, 0.3) is 0 Å². The zero-order valence-electron chi connectivity index (χ0n) is 8.39. The van der Waals surface area contributed by atoms with Crippen LogP contribution in [0.3, 0.4) is 0 Å². The van der Waals surface area contributed by atoms with Crippen molar-refractivity contribution in [1.29, 1.82) is 0 Å². The van der Waals surface area contributed by atoms with Crippen LogP contribution in [-0.4, -0.2) is 12.3 Å². The van der Waals surface area contributed by atoms with Crippen molar-refractivity contribution in [3.63, 3.8) is 0 Å². The quantitative estimate of drug-likeness (QED) is 0.658. The lowest BCUT2D eigenvalue weighted by Crippen LogP contribution is -2.21. The van der Waals surface area contributed by atoms with Gasteiger partial charge in [-0.1, -0.05) is 27.7 Å². The van der Waals surface area contributed by atoms with Gasteiger partial charge in [-0.25, -0.2) is 0 Å². The monoisotopic (exact) mass is 173 g/mol. The van der Waals surface area contributed by atoms with Crippen LogP contribution in [0.15, 0.2) is 0 Å². The summed E-state index contributed by atoms with van der Waals surface area (Å²) < 4.78 is 0. The predicted octanol–water partition coefficient (Wildman–Crippen LogP) is 1.72. The summed E-state index contributed by atoms with van der Waals surface area (Å²) in [5, 5.41) is 2.08. The molecule has 0 fully saturated rings. The minimum atomic E-state index is -0.191. The molecule has 0 aromatic carbocycles. The zero-order valence-corrected chi connectivity index (χ0v) is 8.39. The fourth-order valence-electron chi connectivity index (χ4n) is 0.558. The molecule has 0 atom stereocenters. The van der Waals surface area contributed by atoms with Crippen molar-refractivity contribution >= 4 is 12.3 Å². The van der Waals surface area contributed by atoms with Gasteiger partial charge in [0.2, 0.25) is 12.3 Å². The number of carbonyl (C=O) groups excluding carboxylic acids is 2. The molecule has 3 nitrogen and oxygen atoms in total. The Hall–Kier alpha value is -0.860. The number of hydrogen-bond acceptors (Lipinski definition) is 2. The van der Waals surface area contributed by atoms with Crippen LogP contribution in [0.25, 0.3) is 0 Å².